The maximum Gasteiger partial charge on any atom is 0.271 e. The van der Waals surface area contributed by atoms with E-state index in [1.54, 1.807) is 12.2 Å². The maximum atomic E-state index is 11.1. The summed E-state index contributed by atoms with van der Waals surface area (Å²) < 4.78 is 31.2. The predicted molar refractivity (Wildman–Crippen MR) is 89.2 cm³/mol. The molecule has 0 saturated carbocycles. The fourth-order valence-electron chi connectivity index (χ4n) is 2.97. The molecule has 0 aromatic heterocycles. The molecule has 0 spiro atoms. The summed E-state index contributed by atoms with van der Waals surface area (Å²) in [5.41, 5.74) is 10.6. The molecule has 1 atom stereocenters. The highest BCUT2D eigenvalue weighted by Gasteiger charge is 2.21. The molecule has 23 heavy (non-hydrogen) atoms. The Hall–Kier alpha value is -1.99. The number of nitrogens with two attached hydrogens (primary N) is 1. The van der Waals surface area contributed by atoms with Crippen LogP contribution in [-0.4, -0.2) is 18.2 Å². The minimum atomic E-state index is -4.05. The molecule has 1 aromatic carbocycles. The van der Waals surface area contributed by atoms with Crippen molar-refractivity contribution < 1.29 is 13.0 Å². The van der Waals surface area contributed by atoms with Gasteiger partial charge in [-0.1, -0.05) is 12.2 Å². The number of benzene rings is 1. The zero-order valence-electron chi connectivity index (χ0n) is 12.6. The lowest BCUT2D eigenvalue weighted by atomic mass is 9.89. The molecular weight excluding hydrogens is 314 g/mol. The van der Waals surface area contributed by atoms with Crippen LogP contribution in [0.2, 0.25) is 0 Å². The molecule has 3 N–H and O–H groups in total. The largest absolute Gasteiger partial charge is 0.398 e. The first kappa shape index (κ1) is 15.9. The molecule has 3 rings (SSSR count). The highest BCUT2D eigenvalue weighted by molar-refractivity contribution is 7.86. The Morgan fingerprint density at radius 2 is 1.87 bits per heavy atom. The second-order valence-corrected chi connectivity index (χ2v) is 7.45. The first-order valence-electron chi connectivity index (χ1n) is 7.62. The molecule has 1 unspecified atom stereocenters. The van der Waals surface area contributed by atoms with Crippen LogP contribution in [0.3, 0.4) is 0 Å². The summed E-state index contributed by atoms with van der Waals surface area (Å²) in [6.45, 7) is 0. The summed E-state index contributed by atoms with van der Waals surface area (Å²) >= 11 is 0. The monoisotopic (exact) mass is 333 g/mol. The molecule has 0 bridgehead atoms. The Bertz CT molecular complexity index is 810. The van der Waals surface area contributed by atoms with Gasteiger partial charge in [-0.3, -0.25) is 4.55 Å². The van der Waals surface area contributed by atoms with Gasteiger partial charge < -0.3 is 5.73 Å². The van der Waals surface area contributed by atoms with E-state index in [0.717, 1.165) is 42.6 Å². The van der Waals surface area contributed by atoms with Gasteiger partial charge in [0.1, 0.15) is 5.25 Å². The lowest BCUT2D eigenvalue weighted by molar-refractivity contribution is 0.474. The van der Waals surface area contributed by atoms with Crippen molar-refractivity contribution in [1.29, 1.82) is 0 Å². The maximum absolute atomic E-state index is 11.1. The molecule has 1 aromatic rings. The van der Waals surface area contributed by atoms with E-state index in [4.69, 9.17) is 10.3 Å². The van der Waals surface area contributed by atoms with E-state index in [-0.39, 0.29) is 6.42 Å². The first-order valence-corrected chi connectivity index (χ1v) is 9.12. The molecule has 0 fully saturated rings. The fourth-order valence-corrected chi connectivity index (χ4v) is 3.58. The lowest BCUT2D eigenvalue weighted by Crippen LogP contribution is -2.18. The van der Waals surface area contributed by atoms with Crippen LogP contribution in [0.4, 0.5) is 11.4 Å². The molecule has 0 aliphatic heterocycles. The quantitative estimate of drug-likeness (QED) is 0.503. The van der Waals surface area contributed by atoms with E-state index < -0.39 is 15.4 Å². The molecule has 7 heteroatoms. The van der Waals surface area contributed by atoms with Crippen molar-refractivity contribution in [3.8, 4) is 0 Å². The van der Waals surface area contributed by atoms with Crippen molar-refractivity contribution >= 4 is 21.5 Å². The molecule has 2 aliphatic carbocycles. The van der Waals surface area contributed by atoms with Crippen molar-refractivity contribution in [3.05, 3.63) is 47.2 Å². The summed E-state index contributed by atoms with van der Waals surface area (Å²) in [7, 11) is -4.05. The van der Waals surface area contributed by atoms with Gasteiger partial charge in [-0.15, -0.1) is 0 Å². The number of nitrogen functional groups attached to an aromatic ring is 1. The predicted octanol–water partition coefficient (Wildman–Crippen LogP) is 3.33. The third kappa shape index (κ3) is 3.51. The van der Waals surface area contributed by atoms with Crippen molar-refractivity contribution in [2.75, 3.05) is 5.73 Å². The van der Waals surface area contributed by atoms with Crippen LogP contribution in [0, 0.1) is 0 Å². The Morgan fingerprint density at radius 3 is 2.52 bits per heavy atom. The van der Waals surface area contributed by atoms with Crippen LogP contribution >= 0.6 is 0 Å². The normalized spacial score (nSPS) is 21.3. The van der Waals surface area contributed by atoms with Gasteiger partial charge in [0.15, 0.2) is 0 Å². The molecule has 2 aliphatic rings. The van der Waals surface area contributed by atoms with Crippen LogP contribution in [0.5, 0.6) is 0 Å². The Balaban J connectivity index is 1.80. The number of hydrogen-bond acceptors (Lipinski definition) is 5. The Kier molecular flexibility index (Phi) is 4.32. The summed E-state index contributed by atoms with van der Waals surface area (Å²) in [4.78, 5) is 0. The zero-order chi connectivity index (χ0) is 16.4. The van der Waals surface area contributed by atoms with E-state index in [2.05, 4.69) is 10.2 Å². The Morgan fingerprint density at radius 1 is 1.13 bits per heavy atom. The van der Waals surface area contributed by atoms with E-state index >= 15 is 0 Å². The first-order chi connectivity index (χ1) is 10.9. The van der Waals surface area contributed by atoms with E-state index in [1.165, 1.54) is 11.6 Å². The molecule has 0 amide bonds. The van der Waals surface area contributed by atoms with Crippen LogP contribution in [0.15, 0.2) is 46.3 Å². The number of azo groups is 1. The summed E-state index contributed by atoms with van der Waals surface area (Å²) in [5.74, 6) is 0. The molecule has 0 saturated heterocycles. The van der Waals surface area contributed by atoms with Gasteiger partial charge in [0, 0.05) is 5.69 Å². The summed E-state index contributed by atoms with van der Waals surface area (Å²) in [5, 5.41) is 7.60. The van der Waals surface area contributed by atoms with Crippen molar-refractivity contribution in [1.82, 2.24) is 0 Å². The highest BCUT2D eigenvalue weighted by Crippen LogP contribution is 2.34. The van der Waals surface area contributed by atoms with Gasteiger partial charge in [0.05, 0.1) is 11.4 Å². The van der Waals surface area contributed by atoms with Gasteiger partial charge in [0.2, 0.25) is 0 Å². The molecule has 122 valence electrons. The van der Waals surface area contributed by atoms with Crippen molar-refractivity contribution in [3.63, 3.8) is 0 Å². The minimum absolute atomic E-state index is 0.198. The van der Waals surface area contributed by atoms with Crippen molar-refractivity contribution in [2.24, 2.45) is 10.2 Å². The van der Waals surface area contributed by atoms with Gasteiger partial charge in [-0.05, 0) is 61.4 Å². The average molecular weight is 333 g/mol. The van der Waals surface area contributed by atoms with Crippen LogP contribution in [0.25, 0.3) is 0 Å². The number of allylic oxidation sites excluding steroid dienone is 2. The fraction of sp³-hybridized carbons (Fsp3) is 0.375. The minimum Gasteiger partial charge on any atom is -0.398 e. The third-order valence-electron chi connectivity index (χ3n) is 4.24. The number of fused-ring (bicyclic) bond motifs is 1. The standard InChI is InChI=1S/C16H19N3O3S/c17-15-9-10-16(14-4-2-1-3-13(14)15)19-18-11-5-7-12(8-6-11)23(20,21)22/h5-7,9-10,12H,1-4,8,17H2,(H,20,21,22). The van der Waals surface area contributed by atoms with Crippen LogP contribution in [-0.2, 0) is 23.0 Å². The second-order valence-electron chi connectivity index (χ2n) is 5.82. The number of rotatable bonds is 3. The molecular formula is C16H19N3O3S. The van der Waals surface area contributed by atoms with Crippen molar-refractivity contribution in [2.45, 2.75) is 37.4 Å². The molecule has 0 heterocycles. The average Bonchev–Trinajstić information content (AvgIpc) is 2.54. The number of hydrogen-bond donors (Lipinski definition) is 2. The topological polar surface area (TPSA) is 105 Å². The zero-order valence-corrected chi connectivity index (χ0v) is 13.5. The summed E-state index contributed by atoms with van der Waals surface area (Å²) in [6.07, 6.45) is 9.05. The highest BCUT2D eigenvalue weighted by atomic mass is 32.2. The van der Waals surface area contributed by atoms with E-state index in [9.17, 15) is 8.42 Å². The second kappa shape index (κ2) is 6.25. The van der Waals surface area contributed by atoms with E-state index in [1.807, 2.05) is 12.1 Å². The van der Waals surface area contributed by atoms with Gasteiger partial charge in [-0.25, -0.2) is 0 Å². The third-order valence-corrected chi connectivity index (χ3v) is 5.36. The van der Waals surface area contributed by atoms with Gasteiger partial charge in [-0.2, -0.15) is 18.6 Å². The SMILES string of the molecule is Nc1ccc(N=NC2=CCC(S(=O)(=O)O)C=C2)c2c1CCCC2. The molecule has 6 nitrogen and oxygen atoms in total. The van der Waals surface area contributed by atoms with Gasteiger partial charge in [0.25, 0.3) is 10.1 Å². The van der Waals surface area contributed by atoms with Crippen LogP contribution in [0.1, 0.15) is 30.4 Å². The van der Waals surface area contributed by atoms with Crippen LogP contribution < -0.4 is 5.73 Å². The lowest BCUT2D eigenvalue weighted by Gasteiger charge is -2.19. The number of anilines is 1. The van der Waals surface area contributed by atoms with E-state index in [0.29, 0.717) is 5.70 Å². The molecule has 0 radical (unpaired) electrons. The van der Waals surface area contributed by atoms with Gasteiger partial charge >= 0.3 is 0 Å². The smallest absolute Gasteiger partial charge is 0.271 e. The number of nitrogens with zero attached hydrogens (tertiary/aromatic N) is 2. The summed E-state index contributed by atoms with van der Waals surface area (Å²) in [6, 6.07) is 3.73. The Labute approximate surface area is 135 Å².